The van der Waals surface area contributed by atoms with Gasteiger partial charge in [0.05, 0.1) is 0 Å². The van der Waals surface area contributed by atoms with E-state index in [1.165, 1.54) is 11.8 Å². The van der Waals surface area contributed by atoms with Gasteiger partial charge in [0.15, 0.2) is 0 Å². The maximum absolute atomic E-state index is 12.4. The third-order valence-corrected chi connectivity index (χ3v) is 5.24. The molecular formula is C21H22Cl3N3O. The summed E-state index contributed by atoms with van der Waals surface area (Å²) in [7, 11) is 0. The van der Waals surface area contributed by atoms with Crippen LogP contribution in [-0.2, 0) is 4.79 Å². The van der Waals surface area contributed by atoms with E-state index >= 15 is 0 Å². The van der Waals surface area contributed by atoms with Crippen LogP contribution in [0.4, 0.5) is 5.69 Å². The number of benzene rings is 2. The van der Waals surface area contributed by atoms with Gasteiger partial charge in [-0.2, -0.15) is 0 Å². The van der Waals surface area contributed by atoms with Crippen molar-refractivity contribution in [2.75, 3.05) is 31.1 Å². The molecule has 0 radical (unpaired) electrons. The predicted octanol–water partition coefficient (Wildman–Crippen LogP) is 4.33. The van der Waals surface area contributed by atoms with Crippen molar-refractivity contribution < 1.29 is 4.79 Å². The third kappa shape index (κ3) is 5.89. The summed E-state index contributed by atoms with van der Waals surface area (Å²) < 4.78 is -1.63. The van der Waals surface area contributed by atoms with Crippen LogP contribution in [0.3, 0.4) is 0 Å². The number of nitrogens with one attached hydrogen (secondary N) is 1. The number of hydrogen-bond donors (Lipinski definition) is 1. The molecule has 148 valence electrons. The van der Waals surface area contributed by atoms with Gasteiger partial charge >= 0.3 is 0 Å². The molecule has 1 aliphatic rings. The van der Waals surface area contributed by atoms with Crippen molar-refractivity contribution in [1.29, 1.82) is 0 Å². The molecule has 2 aromatic carbocycles. The highest BCUT2D eigenvalue weighted by molar-refractivity contribution is 6.68. The minimum atomic E-state index is -1.63. The van der Waals surface area contributed by atoms with Crippen LogP contribution in [0.5, 0.6) is 0 Å². The molecule has 1 fully saturated rings. The summed E-state index contributed by atoms with van der Waals surface area (Å²) >= 11 is 18.6. The zero-order chi connectivity index (χ0) is 20.0. The van der Waals surface area contributed by atoms with E-state index in [9.17, 15) is 4.79 Å². The molecule has 0 unspecified atom stereocenters. The topological polar surface area (TPSA) is 35.6 Å². The highest BCUT2D eigenvalue weighted by atomic mass is 35.6. The second kappa shape index (κ2) is 9.66. The van der Waals surface area contributed by atoms with Crippen molar-refractivity contribution in [2.24, 2.45) is 0 Å². The Kier molecular flexibility index (Phi) is 7.24. The van der Waals surface area contributed by atoms with E-state index in [0.717, 1.165) is 18.7 Å². The van der Waals surface area contributed by atoms with Gasteiger partial charge in [-0.1, -0.05) is 83.3 Å². The van der Waals surface area contributed by atoms with Crippen LogP contribution in [0.1, 0.15) is 5.56 Å². The van der Waals surface area contributed by atoms with E-state index in [-0.39, 0.29) is 5.91 Å². The lowest BCUT2D eigenvalue weighted by Crippen LogP contribution is -2.60. The summed E-state index contributed by atoms with van der Waals surface area (Å²) in [6.07, 6.45) is 2.49. The molecular weight excluding hydrogens is 417 g/mol. The molecule has 7 heteroatoms. The van der Waals surface area contributed by atoms with Crippen LogP contribution in [0.15, 0.2) is 66.7 Å². The van der Waals surface area contributed by atoms with E-state index in [1.54, 1.807) is 6.08 Å². The molecule has 3 rings (SSSR count). The molecule has 0 bridgehead atoms. The van der Waals surface area contributed by atoms with Crippen molar-refractivity contribution in [2.45, 2.75) is 9.96 Å². The van der Waals surface area contributed by atoms with Crippen molar-refractivity contribution >= 4 is 52.5 Å². The number of carbonyl (C=O) groups excluding carboxylic acids is 1. The zero-order valence-electron chi connectivity index (χ0n) is 15.3. The highest BCUT2D eigenvalue weighted by Crippen LogP contribution is 2.33. The maximum atomic E-state index is 12.4. The van der Waals surface area contributed by atoms with E-state index in [0.29, 0.717) is 13.1 Å². The summed E-state index contributed by atoms with van der Waals surface area (Å²) in [5.74, 6) is -0.300. The number of amides is 1. The minimum absolute atomic E-state index is 0.300. The molecule has 2 aromatic rings. The monoisotopic (exact) mass is 437 g/mol. The van der Waals surface area contributed by atoms with Gasteiger partial charge in [-0.05, 0) is 23.8 Å². The fourth-order valence-corrected chi connectivity index (χ4v) is 3.75. The third-order valence-electron chi connectivity index (χ3n) is 4.62. The van der Waals surface area contributed by atoms with Gasteiger partial charge in [-0.25, -0.2) is 0 Å². The molecule has 1 N–H and O–H groups in total. The normalized spacial score (nSPS) is 16.9. The summed E-state index contributed by atoms with van der Waals surface area (Å²) in [6, 6.07) is 19.8. The van der Waals surface area contributed by atoms with E-state index in [2.05, 4.69) is 22.3 Å². The number of halogens is 3. The van der Waals surface area contributed by atoms with Crippen molar-refractivity contribution in [3.63, 3.8) is 0 Å². The number of alkyl halides is 3. The lowest BCUT2D eigenvalue weighted by Gasteiger charge is -2.42. The Morgan fingerprint density at radius 1 is 0.929 bits per heavy atom. The number of rotatable bonds is 5. The smallest absolute Gasteiger partial charge is 0.245 e. The van der Waals surface area contributed by atoms with Gasteiger partial charge in [-0.15, -0.1) is 0 Å². The summed E-state index contributed by atoms with van der Waals surface area (Å²) in [6.45, 7) is 2.93. The van der Waals surface area contributed by atoms with Crippen LogP contribution in [0.2, 0.25) is 0 Å². The second-order valence-electron chi connectivity index (χ2n) is 6.56. The molecule has 1 heterocycles. The predicted molar refractivity (Wildman–Crippen MR) is 118 cm³/mol. The molecule has 0 spiro atoms. The van der Waals surface area contributed by atoms with Gasteiger partial charge in [0.1, 0.15) is 6.17 Å². The number of anilines is 1. The number of hydrogen-bond acceptors (Lipinski definition) is 3. The zero-order valence-corrected chi connectivity index (χ0v) is 17.5. The number of piperazine rings is 1. The summed E-state index contributed by atoms with van der Waals surface area (Å²) in [4.78, 5) is 16.7. The lowest BCUT2D eigenvalue weighted by atomic mass is 10.2. The Hall–Kier alpha value is -1.72. The first-order valence-corrected chi connectivity index (χ1v) is 10.2. The van der Waals surface area contributed by atoms with Crippen LogP contribution in [0, 0.1) is 0 Å². The van der Waals surface area contributed by atoms with Gasteiger partial charge in [0.25, 0.3) is 0 Å². The Morgan fingerprint density at radius 2 is 1.50 bits per heavy atom. The first-order chi connectivity index (χ1) is 13.4. The molecule has 0 aliphatic carbocycles. The van der Waals surface area contributed by atoms with Gasteiger partial charge < -0.3 is 10.2 Å². The highest BCUT2D eigenvalue weighted by Gasteiger charge is 2.39. The van der Waals surface area contributed by atoms with Crippen LogP contribution >= 0.6 is 34.8 Å². The van der Waals surface area contributed by atoms with E-state index in [1.807, 2.05) is 53.4 Å². The first-order valence-electron chi connectivity index (χ1n) is 9.08. The number of carbonyl (C=O) groups is 1. The van der Waals surface area contributed by atoms with Gasteiger partial charge in [0.2, 0.25) is 9.70 Å². The summed E-state index contributed by atoms with van der Waals surface area (Å²) in [5, 5.41) is 2.84. The van der Waals surface area contributed by atoms with Crippen molar-refractivity contribution in [1.82, 2.24) is 10.2 Å². The first kappa shape index (κ1) is 21.0. The Morgan fingerprint density at radius 3 is 2.07 bits per heavy atom. The molecule has 1 aliphatic heterocycles. The SMILES string of the molecule is O=C(/C=C/c1ccccc1)N[C@H](N1CCN(c2ccccc2)CC1)C(Cl)(Cl)Cl. The van der Waals surface area contributed by atoms with Crippen molar-refractivity contribution in [3.8, 4) is 0 Å². The van der Waals surface area contributed by atoms with Crippen LogP contribution < -0.4 is 10.2 Å². The fraction of sp³-hybridized carbons (Fsp3) is 0.286. The Bertz CT molecular complexity index is 786. The minimum Gasteiger partial charge on any atom is -0.369 e. The van der Waals surface area contributed by atoms with Gasteiger partial charge in [-0.3, -0.25) is 9.69 Å². The Labute approximate surface area is 180 Å². The summed E-state index contributed by atoms with van der Waals surface area (Å²) in [5.41, 5.74) is 2.10. The van der Waals surface area contributed by atoms with Crippen molar-refractivity contribution in [3.05, 3.63) is 72.3 Å². The largest absolute Gasteiger partial charge is 0.369 e. The average Bonchev–Trinajstić information content (AvgIpc) is 2.71. The second-order valence-corrected chi connectivity index (χ2v) is 8.92. The Balaban J connectivity index is 1.61. The quantitative estimate of drug-likeness (QED) is 0.557. The number of nitrogens with zero attached hydrogens (tertiary/aromatic N) is 2. The maximum Gasteiger partial charge on any atom is 0.245 e. The van der Waals surface area contributed by atoms with E-state index < -0.39 is 9.96 Å². The molecule has 0 aromatic heterocycles. The molecule has 4 nitrogen and oxygen atoms in total. The number of para-hydroxylation sites is 1. The molecule has 0 saturated carbocycles. The molecule has 1 amide bonds. The van der Waals surface area contributed by atoms with Gasteiger partial charge in [0, 0.05) is 37.9 Å². The lowest BCUT2D eigenvalue weighted by molar-refractivity contribution is -0.118. The van der Waals surface area contributed by atoms with Crippen LogP contribution in [0.25, 0.3) is 6.08 Å². The standard InChI is InChI=1S/C21H22Cl3N3O/c22-21(23,24)20(25-19(28)12-11-17-7-3-1-4-8-17)27-15-13-26(14-16-27)18-9-5-2-6-10-18/h1-12,20H,13-16H2,(H,25,28)/b12-11+/t20-/m1/s1. The molecule has 1 saturated heterocycles. The molecule has 1 atom stereocenters. The van der Waals surface area contributed by atoms with Crippen LogP contribution in [-0.4, -0.2) is 46.9 Å². The van der Waals surface area contributed by atoms with E-state index in [4.69, 9.17) is 34.8 Å². The average molecular weight is 439 g/mol. The molecule has 28 heavy (non-hydrogen) atoms. The fourth-order valence-electron chi connectivity index (χ4n) is 3.18.